The standard InChI is InChI=1S/C11H14BrN3S/c1-9(10-2-3-11(12)16-10)14-5-7-15-6-4-13-8-15/h2-4,6,8-9,14H,5,7H2,1H3. The van der Waals surface area contributed by atoms with Gasteiger partial charge in [0.05, 0.1) is 10.1 Å². The van der Waals surface area contributed by atoms with E-state index in [-0.39, 0.29) is 0 Å². The Kier molecular flexibility index (Phi) is 4.15. The van der Waals surface area contributed by atoms with Gasteiger partial charge in [0.15, 0.2) is 0 Å². The number of hydrogen-bond acceptors (Lipinski definition) is 3. The van der Waals surface area contributed by atoms with E-state index in [1.807, 2.05) is 12.5 Å². The van der Waals surface area contributed by atoms with E-state index in [2.05, 4.69) is 49.9 Å². The summed E-state index contributed by atoms with van der Waals surface area (Å²) in [6.45, 7) is 4.09. The predicted octanol–water partition coefficient (Wildman–Crippen LogP) is 3.06. The van der Waals surface area contributed by atoms with Crippen LogP contribution in [0.1, 0.15) is 17.8 Å². The van der Waals surface area contributed by atoms with Crippen molar-refractivity contribution in [3.05, 3.63) is 39.5 Å². The van der Waals surface area contributed by atoms with Crippen molar-refractivity contribution < 1.29 is 0 Å². The first-order chi connectivity index (χ1) is 7.75. The fraction of sp³-hybridized carbons (Fsp3) is 0.364. The lowest BCUT2D eigenvalue weighted by Gasteiger charge is -2.12. The average molecular weight is 300 g/mol. The van der Waals surface area contributed by atoms with Crippen molar-refractivity contribution in [1.29, 1.82) is 0 Å². The number of imidazole rings is 1. The van der Waals surface area contributed by atoms with Crippen LogP contribution < -0.4 is 5.32 Å². The Hall–Kier alpha value is -0.650. The van der Waals surface area contributed by atoms with Crippen LogP contribution in [0.3, 0.4) is 0 Å². The fourth-order valence-electron chi connectivity index (χ4n) is 1.49. The summed E-state index contributed by atoms with van der Waals surface area (Å²) in [6.07, 6.45) is 5.63. The maximum absolute atomic E-state index is 4.01. The van der Waals surface area contributed by atoms with Gasteiger partial charge in [0.1, 0.15) is 0 Å². The van der Waals surface area contributed by atoms with Crippen LogP contribution in [0.5, 0.6) is 0 Å². The van der Waals surface area contributed by atoms with E-state index >= 15 is 0 Å². The van der Waals surface area contributed by atoms with Gasteiger partial charge < -0.3 is 9.88 Å². The van der Waals surface area contributed by atoms with Crippen LogP contribution in [0.15, 0.2) is 34.6 Å². The molecule has 0 aliphatic rings. The lowest BCUT2D eigenvalue weighted by atomic mass is 10.3. The van der Waals surface area contributed by atoms with Crippen LogP contribution in [-0.4, -0.2) is 16.1 Å². The van der Waals surface area contributed by atoms with Gasteiger partial charge in [-0.15, -0.1) is 11.3 Å². The number of hydrogen-bond donors (Lipinski definition) is 1. The molecule has 0 aliphatic carbocycles. The highest BCUT2D eigenvalue weighted by molar-refractivity contribution is 9.11. The molecule has 2 heterocycles. The first-order valence-electron chi connectivity index (χ1n) is 5.20. The Labute approximate surface area is 108 Å². The monoisotopic (exact) mass is 299 g/mol. The lowest BCUT2D eigenvalue weighted by molar-refractivity contribution is 0.536. The van der Waals surface area contributed by atoms with Crippen molar-refractivity contribution in [2.24, 2.45) is 0 Å². The summed E-state index contributed by atoms with van der Waals surface area (Å²) in [5.74, 6) is 0. The van der Waals surface area contributed by atoms with Crippen LogP contribution in [0.4, 0.5) is 0 Å². The molecule has 2 rings (SSSR count). The van der Waals surface area contributed by atoms with E-state index in [1.54, 1.807) is 17.5 Å². The lowest BCUT2D eigenvalue weighted by Crippen LogP contribution is -2.22. The molecule has 16 heavy (non-hydrogen) atoms. The smallest absolute Gasteiger partial charge is 0.0946 e. The topological polar surface area (TPSA) is 29.9 Å². The van der Waals surface area contributed by atoms with E-state index in [9.17, 15) is 0 Å². The minimum atomic E-state index is 0.403. The Balaban J connectivity index is 1.78. The molecule has 0 aromatic carbocycles. The van der Waals surface area contributed by atoms with Gasteiger partial charge in [-0.25, -0.2) is 4.98 Å². The van der Waals surface area contributed by atoms with Crippen LogP contribution in [0.25, 0.3) is 0 Å². The quantitative estimate of drug-likeness (QED) is 0.919. The minimum Gasteiger partial charge on any atom is -0.336 e. The highest BCUT2D eigenvalue weighted by Gasteiger charge is 2.06. The van der Waals surface area contributed by atoms with Gasteiger partial charge in [-0.2, -0.15) is 0 Å². The molecule has 0 fully saturated rings. The molecule has 1 unspecified atom stereocenters. The third-order valence-corrected chi connectivity index (χ3v) is 4.21. The molecule has 0 amide bonds. The van der Waals surface area contributed by atoms with Crippen LogP contribution in [0.2, 0.25) is 0 Å². The third-order valence-electron chi connectivity index (χ3n) is 2.40. The maximum atomic E-state index is 4.01. The molecule has 0 saturated heterocycles. The molecular weight excluding hydrogens is 286 g/mol. The second kappa shape index (κ2) is 5.61. The van der Waals surface area contributed by atoms with Crippen molar-refractivity contribution in [3.63, 3.8) is 0 Å². The van der Waals surface area contributed by atoms with Crippen molar-refractivity contribution in [1.82, 2.24) is 14.9 Å². The summed E-state index contributed by atoms with van der Waals surface area (Å²) < 4.78 is 3.26. The summed E-state index contributed by atoms with van der Waals surface area (Å²) in [5, 5.41) is 3.49. The molecule has 5 heteroatoms. The highest BCUT2D eigenvalue weighted by Crippen LogP contribution is 2.26. The van der Waals surface area contributed by atoms with E-state index in [4.69, 9.17) is 0 Å². The highest BCUT2D eigenvalue weighted by atomic mass is 79.9. The summed E-state index contributed by atoms with van der Waals surface area (Å²) in [4.78, 5) is 5.37. The Morgan fingerprint density at radius 3 is 3.06 bits per heavy atom. The minimum absolute atomic E-state index is 0.403. The zero-order chi connectivity index (χ0) is 11.4. The van der Waals surface area contributed by atoms with Gasteiger partial charge >= 0.3 is 0 Å². The summed E-state index contributed by atoms with van der Waals surface area (Å²) in [5.41, 5.74) is 0. The number of nitrogens with one attached hydrogen (secondary N) is 1. The number of halogens is 1. The van der Waals surface area contributed by atoms with Crippen LogP contribution in [0, 0.1) is 0 Å². The van der Waals surface area contributed by atoms with Gasteiger partial charge in [0, 0.05) is 36.4 Å². The molecule has 0 aliphatic heterocycles. The van der Waals surface area contributed by atoms with E-state index in [0.717, 1.165) is 13.1 Å². The SMILES string of the molecule is CC(NCCn1ccnc1)c1ccc(Br)s1. The van der Waals surface area contributed by atoms with Crippen molar-refractivity contribution >= 4 is 27.3 Å². The zero-order valence-corrected chi connectivity index (χ0v) is 11.5. The number of rotatable bonds is 5. The molecule has 2 aromatic heterocycles. The van der Waals surface area contributed by atoms with Gasteiger partial charge in [-0.1, -0.05) is 0 Å². The first-order valence-corrected chi connectivity index (χ1v) is 6.81. The van der Waals surface area contributed by atoms with Gasteiger partial charge in [-0.05, 0) is 35.0 Å². The molecule has 0 bridgehead atoms. The molecule has 3 nitrogen and oxygen atoms in total. The number of nitrogens with zero attached hydrogens (tertiary/aromatic N) is 2. The number of aromatic nitrogens is 2. The molecule has 0 saturated carbocycles. The zero-order valence-electron chi connectivity index (χ0n) is 9.06. The second-order valence-electron chi connectivity index (χ2n) is 3.62. The van der Waals surface area contributed by atoms with Crippen molar-refractivity contribution in [2.75, 3.05) is 6.54 Å². The molecule has 86 valence electrons. The Bertz CT molecular complexity index is 424. The summed E-state index contributed by atoms with van der Waals surface area (Å²) in [6, 6.07) is 4.65. The molecule has 1 atom stereocenters. The normalized spacial score (nSPS) is 12.9. The van der Waals surface area contributed by atoms with Gasteiger partial charge in [0.25, 0.3) is 0 Å². The third kappa shape index (κ3) is 3.17. The van der Waals surface area contributed by atoms with Gasteiger partial charge in [-0.3, -0.25) is 0 Å². The Morgan fingerprint density at radius 1 is 1.56 bits per heavy atom. The van der Waals surface area contributed by atoms with E-state index in [0.29, 0.717) is 6.04 Å². The van der Waals surface area contributed by atoms with Crippen molar-refractivity contribution in [3.8, 4) is 0 Å². The maximum Gasteiger partial charge on any atom is 0.0946 e. The van der Waals surface area contributed by atoms with Gasteiger partial charge in [0.2, 0.25) is 0 Å². The van der Waals surface area contributed by atoms with Crippen LogP contribution >= 0.6 is 27.3 Å². The molecule has 0 radical (unpaired) electrons. The largest absolute Gasteiger partial charge is 0.336 e. The second-order valence-corrected chi connectivity index (χ2v) is 6.11. The Morgan fingerprint density at radius 2 is 2.44 bits per heavy atom. The van der Waals surface area contributed by atoms with Crippen molar-refractivity contribution in [2.45, 2.75) is 19.5 Å². The summed E-state index contributed by atoms with van der Waals surface area (Å²) in [7, 11) is 0. The first kappa shape index (κ1) is 11.8. The fourth-order valence-corrected chi connectivity index (χ4v) is 2.94. The number of thiophene rings is 1. The average Bonchev–Trinajstić information content (AvgIpc) is 2.89. The molecule has 2 aromatic rings. The van der Waals surface area contributed by atoms with Crippen LogP contribution in [-0.2, 0) is 6.54 Å². The molecule has 1 N–H and O–H groups in total. The van der Waals surface area contributed by atoms with E-state index in [1.165, 1.54) is 8.66 Å². The molecule has 0 spiro atoms. The summed E-state index contributed by atoms with van der Waals surface area (Å²) >= 11 is 5.26. The van der Waals surface area contributed by atoms with E-state index < -0.39 is 0 Å². The molecular formula is C11H14BrN3S. The predicted molar refractivity (Wildman–Crippen MR) is 70.7 cm³/mol.